The summed E-state index contributed by atoms with van der Waals surface area (Å²) in [6, 6.07) is 7.37. The van der Waals surface area contributed by atoms with Crippen LogP contribution >= 0.6 is 0 Å². The highest BCUT2D eigenvalue weighted by molar-refractivity contribution is 6.10. The number of para-hydroxylation sites is 1. The molecular weight excluding hydrogens is 370 g/mol. The van der Waals surface area contributed by atoms with E-state index in [1.165, 1.54) is 0 Å². The second-order valence-electron chi connectivity index (χ2n) is 8.02. The zero-order valence-electron chi connectivity index (χ0n) is 16.9. The van der Waals surface area contributed by atoms with Crippen molar-refractivity contribution >= 4 is 29.1 Å². The second kappa shape index (κ2) is 7.02. The minimum absolute atomic E-state index is 0.00278. The summed E-state index contributed by atoms with van der Waals surface area (Å²) >= 11 is 0. The molecule has 8 nitrogen and oxygen atoms in total. The first-order valence-corrected chi connectivity index (χ1v) is 9.89. The molecule has 1 aromatic heterocycles. The molecule has 3 amide bonds. The molecule has 0 bridgehead atoms. The summed E-state index contributed by atoms with van der Waals surface area (Å²) in [5.74, 6) is -0.336. The van der Waals surface area contributed by atoms with E-state index in [1.54, 1.807) is 39.0 Å². The van der Waals surface area contributed by atoms with Gasteiger partial charge in [0.2, 0.25) is 11.8 Å². The lowest BCUT2D eigenvalue weighted by atomic mass is 9.98. The molecule has 2 aromatic rings. The van der Waals surface area contributed by atoms with Gasteiger partial charge in [-0.25, -0.2) is 0 Å². The van der Waals surface area contributed by atoms with E-state index in [0.717, 1.165) is 0 Å². The van der Waals surface area contributed by atoms with Gasteiger partial charge in [0, 0.05) is 31.6 Å². The molecule has 152 valence electrons. The molecule has 1 N–H and O–H groups in total. The number of rotatable bonds is 5. The maximum Gasteiger partial charge on any atom is 0.257 e. The number of benzene rings is 1. The summed E-state index contributed by atoms with van der Waals surface area (Å²) in [4.78, 5) is 41.6. The van der Waals surface area contributed by atoms with Gasteiger partial charge >= 0.3 is 0 Å². The fourth-order valence-electron chi connectivity index (χ4n) is 4.16. The van der Waals surface area contributed by atoms with Gasteiger partial charge in [0.05, 0.1) is 23.1 Å². The van der Waals surface area contributed by atoms with E-state index < -0.39 is 5.66 Å². The molecular formula is C21H25N5O3. The van der Waals surface area contributed by atoms with Crippen LogP contribution in [0.15, 0.2) is 36.7 Å². The molecule has 1 atom stereocenters. The highest BCUT2D eigenvalue weighted by Gasteiger charge is 2.52. The quantitative estimate of drug-likeness (QED) is 0.843. The van der Waals surface area contributed by atoms with Crippen LogP contribution in [0.2, 0.25) is 0 Å². The SMILES string of the molecule is CC(C)n1cc(NC(=O)CCN2C(=O)c3ccccc3N3C(=O)CC[C@]23C)cn1. The Morgan fingerprint density at radius 2 is 2.03 bits per heavy atom. The number of carbonyl (C=O) groups is 3. The Kier molecular flexibility index (Phi) is 4.64. The number of amides is 3. The van der Waals surface area contributed by atoms with E-state index in [2.05, 4.69) is 10.4 Å². The lowest BCUT2D eigenvalue weighted by molar-refractivity contribution is -0.117. The van der Waals surface area contributed by atoms with Crippen LogP contribution in [0.5, 0.6) is 0 Å². The van der Waals surface area contributed by atoms with E-state index in [4.69, 9.17) is 0 Å². The Balaban J connectivity index is 1.51. The van der Waals surface area contributed by atoms with Crippen LogP contribution in [0.4, 0.5) is 11.4 Å². The summed E-state index contributed by atoms with van der Waals surface area (Å²) in [6.07, 6.45) is 4.46. The summed E-state index contributed by atoms with van der Waals surface area (Å²) in [5, 5.41) is 7.04. The van der Waals surface area contributed by atoms with Crippen molar-refractivity contribution in [3.05, 3.63) is 42.2 Å². The van der Waals surface area contributed by atoms with Gasteiger partial charge in [-0.3, -0.25) is 24.0 Å². The zero-order valence-corrected chi connectivity index (χ0v) is 16.9. The largest absolute Gasteiger partial charge is 0.323 e. The predicted octanol–water partition coefficient (Wildman–Crippen LogP) is 2.79. The molecule has 0 radical (unpaired) electrons. The van der Waals surface area contributed by atoms with E-state index in [9.17, 15) is 14.4 Å². The molecule has 8 heteroatoms. The number of nitrogens with zero attached hydrogens (tertiary/aromatic N) is 4. The van der Waals surface area contributed by atoms with E-state index >= 15 is 0 Å². The van der Waals surface area contributed by atoms with Crippen molar-refractivity contribution in [3.8, 4) is 0 Å². The number of hydrogen-bond acceptors (Lipinski definition) is 4. The molecule has 2 aliphatic heterocycles. The number of hydrogen-bond donors (Lipinski definition) is 1. The molecule has 1 fully saturated rings. The topological polar surface area (TPSA) is 87.5 Å². The van der Waals surface area contributed by atoms with Gasteiger partial charge in [-0.05, 0) is 39.3 Å². The predicted molar refractivity (Wildman–Crippen MR) is 108 cm³/mol. The zero-order chi connectivity index (χ0) is 20.8. The lowest BCUT2D eigenvalue weighted by Gasteiger charge is -2.48. The smallest absolute Gasteiger partial charge is 0.257 e. The van der Waals surface area contributed by atoms with Gasteiger partial charge in [0.25, 0.3) is 5.91 Å². The minimum Gasteiger partial charge on any atom is -0.323 e. The van der Waals surface area contributed by atoms with Crippen molar-refractivity contribution in [1.29, 1.82) is 0 Å². The third kappa shape index (κ3) is 3.18. The van der Waals surface area contributed by atoms with Crippen LogP contribution < -0.4 is 10.2 Å². The van der Waals surface area contributed by atoms with Gasteiger partial charge in [-0.15, -0.1) is 0 Å². The number of anilines is 2. The first-order valence-electron chi connectivity index (χ1n) is 9.89. The van der Waals surface area contributed by atoms with Gasteiger partial charge < -0.3 is 10.2 Å². The van der Waals surface area contributed by atoms with Crippen LogP contribution in [-0.2, 0) is 9.59 Å². The van der Waals surface area contributed by atoms with E-state index in [-0.39, 0.29) is 36.7 Å². The molecule has 29 heavy (non-hydrogen) atoms. The number of nitrogens with one attached hydrogen (secondary N) is 1. The van der Waals surface area contributed by atoms with Gasteiger partial charge in [0.1, 0.15) is 5.66 Å². The fourth-order valence-corrected chi connectivity index (χ4v) is 4.16. The van der Waals surface area contributed by atoms with Gasteiger partial charge in [-0.1, -0.05) is 12.1 Å². The highest BCUT2D eigenvalue weighted by atomic mass is 16.2. The van der Waals surface area contributed by atoms with Crippen molar-refractivity contribution in [1.82, 2.24) is 14.7 Å². The fraction of sp³-hybridized carbons (Fsp3) is 0.429. The Bertz CT molecular complexity index is 982. The van der Waals surface area contributed by atoms with Crippen molar-refractivity contribution in [3.63, 3.8) is 0 Å². The minimum atomic E-state index is -0.745. The summed E-state index contributed by atoms with van der Waals surface area (Å²) < 4.78 is 1.77. The second-order valence-corrected chi connectivity index (χ2v) is 8.02. The van der Waals surface area contributed by atoms with Crippen LogP contribution in [0.25, 0.3) is 0 Å². The van der Waals surface area contributed by atoms with Crippen LogP contribution in [0.3, 0.4) is 0 Å². The highest BCUT2D eigenvalue weighted by Crippen LogP contribution is 2.43. The van der Waals surface area contributed by atoms with Crippen molar-refractivity contribution in [2.24, 2.45) is 0 Å². The monoisotopic (exact) mass is 395 g/mol. The third-order valence-electron chi connectivity index (χ3n) is 5.72. The Labute approximate surface area is 169 Å². The van der Waals surface area contributed by atoms with Crippen molar-refractivity contribution in [2.75, 3.05) is 16.8 Å². The average molecular weight is 395 g/mol. The molecule has 0 unspecified atom stereocenters. The van der Waals surface area contributed by atoms with E-state index in [0.29, 0.717) is 29.8 Å². The molecule has 1 aromatic carbocycles. The molecule has 3 heterocycles. The Hall–Kier alpha value is -3.16. The summed E-state index contributed by atoms with van der Waals surface area (Å²) in [5.41, 5.74) is 1.04. The number of fused-ring (bicyclic) bond motifs is 3. The Morgan fingerprint density at radius 1 is 1.28 bits per heavy atom. The summed E-state index contributed by atoms with van der Waals surface area (Å²) in [6.45, 7) is 6.15. The maximum atomic E-state index is 13.2. The van der Waals surface area contributed by atoms with Gasteiger partial charge in [-0.2, -0.15) is 5.10 Å². The average Bonchev–Trinajstić information content (AvgIpc) is 3.26. The Morgan fingerprint density at radius 3 is 2.76 bits per heavy atom. The number of aromatic nitrogens is 2. The maximum absolute atomic E-state index is 13.2. The summed E-state index contributed by atoms with van der Waals surface area (Å²) in [7, 11) is 0. The standard InChI is InChI=1S/C21H25N5O3/c1-14(2)25-13-15(12-22-25)23-18(27)9-11-24-20(29)16-6-4-5-7-17(16)26-19(28)8-10-21(24,26)3/h4-7,12-14H,8-11H2,1-3H3,(H,23,27)/t21-/m1/s1. The third-order valence-corrected chi connectivity index (χ3v) is 5.72. The molecule has 0 saturated carbocycles. The van der Waals surface area contributed by atoms with Crippen LogP contribution in [0.1, 0.15) is 56.4 Å². The molecule has 0 spiro atoms. The lowest BCUT2D eigenvalue weighted by Crippen LogP contribution is -2.62. The number of carbonyl (C=O) groups excluding carboxylic acids is 3. The normalized spacial score (nSPS) is 20.8. The van der Waals surface area contributed by atoms with E-state index in [1.807, 2.05) is 32.9 Å². The van der Waals surface area contributed by atoms with Crippen LogP contribution in [0, 0.1) is 0 Å². The van der Waals surface area contributed by atoms with Gasteiger partial charge in [0.15, 0.2) is 0 Å². The first-order chi connectivity index (χ1) is 13.8. The molecule has 0 aliphatic carbocycles. The first kappa shape index (κ1) is 19.2. The van der Waals surface area contributed by atoms with Crippen molar-refractivity contribution in [2.45, 2.75) is 51.7 Å². The molecule has 4 rings (SSSR count). The van der Waals surface area contributed by atoms with Crippen molar-refractivity contribution < 1.29 is 14.4 Å². The molecule has 2 aliphatic rings. The van der Waals surface area contributed by atoms with Crippen LogP contribution in [-0.4, -0.2) is 44.6 Å². The molecule has 1 saturated heterocycles.